The van der Waals surface area contributed by atoms with Crippen LogP contribution in [0.3, 0.4) is 0 Å². The molecule has 17 atom stereocenters. The van der Waals surface area contributed by atoms with E-state index >= 15 is 0 Å². The topological polar surface area (TPSA) is 378 Å². The molecule has 136 heavy (non-hydrogen) atoms. The molecule has 1 N–H and O–H groups in total. The molecule has 778 valence electrons. The van der Waals surface area contributed by atoms with Crippen molar-refractivity contribution in [3.05, 3.63) is 0 Å². The van der Waals surface area contributed by atoms with Crippen LogP contribution in [0, 0.1) is 119 Å². The van der Waals surface area contributed by atoms with Crippen LogP contribution in [0.1, 0.15) is 400 Å². The second-order valence-corrected chi connectivity index (χ2v) is 57.5. The third kappa shape index (κ3) is 22.4. The van der Waals surface area contributed by atoms with E-state index in [4.69, 9.17) is 51.0 Å². The summed E-state index contributed by atoms with van der Waals surface area (Å²) in [7, 11) is -10.4. The van der Waals surface area contributed by atoms with E-state index < -0.39 is 135 Å². The Hall–Kier alpha value is -5.04. The van der Waals surface area contributed by atoms with E-state index in [0.29, 0.717) is 56.3 Å². The Morgan fingerprint density at radius 2 is 0.706 bits per heavy atom. The van der Waals surface area contributed by atoms with Crippen molar-refractivity contribution in [3.63, 3.8) is 0 Å². The molecule has 0 spiro atoms. The molecule has 0 amide bonds. The largest absolute Gasteiger partial charge is 0.461 e. The van der Waals surface area contributed by atoms with Gasteiger partial charge in [-0.1, -0.05) is 90.0 Å². The molecule has 19 rings (SSSR count). The van der Waals surface area contributed by atoms with E-state index in [-0.39, 0.29) is 132 Å². The van der Waals surface area contributed by atoms with E-state index in [0.717, 1.165) is 108 Å². The maximum absolute atomic E-state index is 12.6. The molecule has 14 saturated carbocycles. The van der Waals surface area contributed by atoms with Crippen LogP contribution in [0.2, 0.25) is 0 Å². The smallest absolute Gasteiger partial charge is 0.344 e. The number of hydrogen-bond acceptors (Lipinski definition) is 27. The Labute approximate surface area is 815 Å². The van der Waals surface area contributed by atoms with Crippen molar-refractivity contribution >= 4 is 83.8 Å². The third-order valence-corrected chi connectivity index (χ3v) is 43.6. The van der Waals surface area contributed by atoms with Crippen LogP contribution in [0.25, 0.3) is 0 Å². The van der Waals surface area contributed by atoms with Gasteiger partial charge in [-0.15, -0.1) is 0 Å². The minimum absolute atomic E-state index is 0.00857. The predicted octanol–water partition coefficient (Wildman–Crippen LogP) is 19.4. The van der Waals surface area contributed by atoms with Crippen LogP contribution in [0.4, 0.5) is 0 Å². The zero-order chi connectivity index (χ0) is 102. The van der Waals surface area contributed by atoms with Gasteiger partial charge in [0.05, 0.1) is 59.9 Å². The van der Waals surface area contributed by atoms with E-state index in [1.54, 1.807) is 27.7 Å². The lowest BCUT2D eigenvalue weighted by molar-refractivity contribution is -0.206. The molecular weight excluding hydrogens is 1800 g/mol. The van der Waals surface area contributed by atoms with Crippen LogP contribution < -0.4 is 0 Å². The first kappa shape index (κ1) is 111. The van der Waals surface area contributed by atoms with Gasteiger partial charge in [0.1, 0.15) is 57.8 Å². The van der Waals surface area contributed by atoms with Gasteiger partial charge in [-0.3, -0.25) is 46.7 Å². The zero-order valence-electron chi connectivity index (χ0n) is 88.1. The number of rotatable bonds is 24. The van der Waals surface area contributed by atoms with Crippen molar-refractivity contribution in [2.24, 2.45) is 119 Å². The number of esters is 9. The quantitative estimate of drug-likeness (QED) is 0.0533. The molecule has 5 heterocycles. The Kier molecular flexibility index (Phi) is 32.6. The van der Waals surface area contributed by atoms with Gasteiger partial charge in [0.15, 0.2) is 28.7 Å². The number of carbonyl (C=O) groups excluding carboxylic acids is 9. The van der Waals surface area contributed by atoms with Gasteiger partial charge in [0, 0.05) is 39.9 Å². The minimum Gasteiger partial charge on any atom is -0.461 e. The van der Waals surface area contributed by atoms with Crippen LogP contribution >= 0.6 is 0 Å². The molecule has 14 aliphatic carbocycles. The summed E-state index contributed by atoms with van der Waals surface area (Å²) in [6.07, 6.45) is 26.3. The fourth-order valence-corrected chi connectivity index (χ4v) is 31.7. The van der Waals surface area contributed by atoms with Crippen LogP contribution in [-0.2, 0) is 124 Å². The van der Waals surface area contributed by atoms with Gasteiger partial charge >= 0.3 is 53.7 Å². The van der Waals surface area contributed by atoms with Crippen LogP contribution in [-0.4, -0.2) is 177 Å². The molecular formula is C106H174O27S3. The summed E-state index contributed by atoms with van der Waals surface area (Å²) in [5.41, 5.74) is -4.24. The monoisotopic (exact) mass is 1980 g/mol. The second-order valence-electron chi connectivity index (χ2n) is 51.6. The number of ether oxygens (including phenoxy) is 9. The summed E-state index contributed by atoms with van der Waals surface area (Å²) in [5.74, 6) is 1.28. The SMILES string of the molecule is CCC(C)(C)C(=O)OC(C)(C)C12CC3CC(CC(C3)C1)C2.CCC(C)(C)C(=O)OC1(C(C)(C)C)CCCC1.CCC(C)(C)C(=O)OC1(C(C)(C)C)CCCC1.CCC(C)(C)C(=O)OC1C2CC3C1OS(=O)(=O)C3C2.CCC(C)(C)C(=O)OC1C2CC3CC1CC(O)(C3)C2.CCC(C)(C)C(=O)OC1C2OC(=O)C3CC1S(=O)(=O)C32.CCC(C)(C)C(=O)OCC(=O)OC1C2CC3C1OS(=O)(=O)C3C2. The normalized spacial score (nSPS) is 35.4. The zero-order valence-corrected chi connectivity index (χ0v) is 90.6. The van der Waals surface area contributed by atoms with E-state index in [9.17, 15) is 73.5 Å². The molecule has 19 aliphatic rings. The molecule has 30 heteroatoms. The Morgan fingerprint density at radius 3 is 1.07 bits per heavy atom. The van der Waals surface area contributed by atoms with Gasteiger partial charge < -0.3 is 47.7 Å². The lowest BCUT2D eigenvalue weighted by atomic mass is 9.46. The van der Waals surface area contributed by atoms with E-state index in [1.807, 2.05) is 111 Å². The molecule has 14 bridgehead atoms. The van der Waals surface area contributed by atoms with E-state index in [2.05, 4.69) is 62.3 Å². The summed E-state index contributed by atoms with van der Waals surface area (Å²) in [6, 6.07) is 0. The fourth-order valence-electron chi connectivity index (χ4n) is 25.3. The highest BCUT2D eigenvalue weighted by molar-refractivity contribution is 7.93. The minimum atomic E-state index is -3.53. The van der Waals surface area contributed by atoms with Crippen molar-refractivity contribution in [2.45, 2.75) is 486 Å². The van der Waals surface area contributed by atoms with E-state index in [1.165, 1.54) is 64.2 Å². The average Bonchev–Trinajstić information content (AvgIpc) is 1.51. The Morgan fingerprint density at radius 1 is 0.368 bits per heavy atom. The first-order valence-corrected chi connectivity index (χ1v) is 56.7. The molecule has 5 saturated heterocycles. The molecule has 27 nitrogen and oxygen atoms in total. The lowest BCUT2D eigenvalue weighted by Gasteiger charge is -2.61. The standard InChI is InChI=1S/C19H32O2.C16H26O3.C15H22O7S.2C15H28O2.C13H18O6S.C13H20O5S/c1-6-17(2,3)16(20)21-18(4,5)19-10-13-7-14(11-19)9-15(8-13)12-19;1-4-15(2,3)14(17)19-13-11-5-10-6-12(13)9-16(18,7-10)8-11;1-4-15(2,3)14(17)20-7-11(16)21-12-8-5-9-10(6-8)23(18,19)22-13(9)12;2*1-7-14(5,6)12(16)17-15(13(2,3)4)10-8-9-11-15;1-4-13(2,3)12(15)19-8-7-5-6-10(20(7,16)17)9(8)18-11(6)14;1-4-13(2,3)12(14)17-10-7-5-8-9(6-7)19(15,16)18-11(8)10/h13-15H,6-12H2,1-5H3;10-13,18H,4-9H2,1-3H3;8-10,12-13H,4-7H2,1-3H3;2*7-11H2,1-6H3;6-10H,4-5H2,1-3H3;7-11H,4-6H2,1-3H3. The van der Waals surface area contributed by atoms with Crippen molar-refractivity contribution in [2.75, 3.05) is 6.61 Å². The Balaban J connectivity index is 0.000000153. The molecule has 0 aromatic heterocycles. The van der Waals surface area contributed by atoms with Crippen LogP contribution in [0.5, 0.6) is 0 Å². The Bertz CT molecular complexity index is 4600. The number of sulfone groups is 1. The van der Waals surface area contributed by atoms with Crippen molar-refractivity contribution in [3.8, 4) is 0 Å². The van der Waals surface area contributed by atoms with Gasteiger partial charge in [-0.05, 0) is 345 Å². The summed E-state index contributed by atoms with van der Waals surface area (Å²) in [4.78, 5) is 109. The highest BCUT2D eigenvalue weighted by Crippen LogP contribution is 2.66. The summed E-state index contributed by atoms with van der Waals surface area (Å²) in [5, 5.41) is 8.10. The fraction of sp³-hybridized carbons (Fsp3) is 0.915. The maximum atomic E-state index is 12.6. The summed E-state index contributed by atoms with van der Waals surface area (Å²) < 4.78 is 133. The van der Waals surface area contributed by atoms with Gasteiger partial charge in [-0.2, -0.15) is 16.8 Å². The van der Waals surface area contributed by atoms with Gasteiger partial charge in [-0.25, -0.2) is 13.2 Å². The number of hydrogen-bond donors (Lipinski definition) is 1. The lowest BCUT2D eigenvalue weighted by Crippen LogP contribution is -2.58. The maximum Gasteiger partial charge on any atom is 0.344 e. The summed E-state index contributed by atoms with van der Waals surface area (Å²) >= 11 is 0. The number of fused-ring (bicyclic) bond motifs is 3. The molecule has 19 fully saturated rings. The molecule has 0 aromatic carbocycles. The average molecular weight is 1980 g/mol. The molecule has 5 aliphatic heterocycles. The summed E-state index contributed by atoms with van der Waals surface area (Å²) in [6.45, 7) is 57.4. The highest BCUT2D eigenvalue weighted by Gasteiger charge is 2.74. The molecule has 0 aromatic rings. The van der Waals surface area contributed by atoms with Crippen molar-refractivity contribution < 1.29 is 125 Å². The van der Waals surface area contributed by atoms with Crippen molar-refractivity contribution in [1.82, 2.24) is 0 Å². The molecule has 0 radical (unpaired) electrons. The van der Waals surface area contributed by atoms with Gasteiger partial charge in [0.2, 0.25) is 0 Å². The van der Waals surface area contributed by atoms with Crippen LogP contribution in [0.15, 0.2) is 0 Å². The third-order valence-electron chi connectivity index (χ3n) is 37.4. The van der Waals surface area contributed by atoms with Crippen molar-refractivity contribution in [1.29, 1.82) is 0 Å². The predicted molar refractivity (Wildman–Crippen MR) is 514 cm³/mol. The first-order chi connectivity index (χ1) is 62.4. The van der Waals surface area contributed by atoms with Gasteiger partial charge in [0.25, 0.3) is 20.2 Å². The number of carbonyl (C=O) groups is 9. The second kappa shape index (κ2) is 39.8. The number of aliphatic hydroxyl groups is 1. The highest BCUT2D eigenvalue weighted by atomic mass is 32.2. The first-order valence-electron chi connectivity index (χ1n) is 52.1. The molecule has 17 unspecified atom stereocenters.